The minimum absolute atomic E-state index is 0.384. The minimum atomic E-state index is -0.799. The number of methoxy groups -OCH3 is 1. The van der Waals surface area contributed by atoms with Crippen LogP contribution in [0.5, 0.6) is 0 Å². The number of carbonyl (C=O) groups excluding carboxylic acids is 2. The molecule has 10 heavy (non-hydrogen) atoms. The summed E-state index contributed by atoms with van der Waals surface area (Å²) in [6.45, 7) is 1.70. The Hall–Kier alpha value is -0.570. The zero-order valence-electron chi connectivity index (χ0n) is 5.89. The first kappa shape index (κ1) is 9.43. The van der Waals surface area contributed by atoms with Crippen LogP contribution in [0.1, 0.15) is 13.3 Å². The molecule has 0 saturated carbocycles. The molecule has 1 atom stereocenters. The van der Waals surface area contributed by atoms with Gasteiger partial charge in [-0.2, -0.15) is 0 Å². The van der Waals surface area contributed by atoms with E-state index in [-0.39, 0.29) is 0 Å². The van der Waals surface area contributed by atoms with E-state index in [2.05, 4.69) is 4.74 Å². The molecule has 0 aromatic rings. The van der Waals surface area contributed by atoms with Crippen molar-refractivity contribution in [1.82, 2.24) is 0 Å². The van der Waals surface area contributed by atoms with Gasteiger partial charge in [0.05, 0.1) is 7.11 Å². The Morgan fingerprint density at radius 1 is 1.60 bits per heavy atom. The van der Waals surface area contributed by atoms with Gasteiger partial charge in [0.15, 0.2) is 0 Å². The zero-order chi connectivity index (χ0) is 8.15. The van der Waals surface area contributed by atoms with Crippen LogP contribution in [0.2, 0.25) is 0 Å². The fourth-order valence-electron chi connectivity index (χ4n) is 0.562. The lowest BCUT2D eigenvalue weighted by molar-refractivity contribution is -0.147. The maximum Gasteiger partial charge on any atom is 0.317 e. The molecule has 3 nitrogen and oxygen atoms in total. The molecule has 0 heterocycles. The van der Waals surface area contributed by atoms with E-state index < -0.39 is 17.1 Å². The Kier molecular flexibility index (Phi) is 4.03. The van der Waals surface area contributed by atoms with Gasteiger partial charge in [0.2, 0.25) is 5.24 Å². The van der Waals surface area contributed by atoms with E-state index in [0.29, 0.717) is 6.42 Å². The quantitative estimate of drug-likeness (QED) is 0.354. The van der Waals surface area contributed by atoms with Crippen LogP contribution in [0, 0.1) is 5.92 Å². The molecule has 0 aromatic heterocycles. The van der Waals surface area contributed by atoms with Crippen molar-refractivity contribution >= 4 is 22.8 Å². The van der Waals surface area contributed by atoms with Crippen molar-refractivity contribution in [2.24, 2.45) is 5.92 Å². The van der Waals surface area contributed by atoms with Crippen LogP contribution >= 0.6 is 11.6 Å². The molecule has 0 aliphatic carbocycles. The van der Waals surface area contributed by atoms with E-state index >= 15 is 0 Å². The van der Waals surface area contributed by atoms with Crippen molar-refractivity contribution < 1.29 is 14.3 Å². The predicted molar refractivity (Wildman–Crippen MR) is 36.7 cm³/mol. The van der Waals surface area contributed by atoms with Crippen molar-refractivity contribution in [3.63, 3.8) is 0 Å². The van der Waals surface area contributed by atoms with E-state index in [0.717, 1.165) is 0 Å². The van der Waals surface area contributed by atoms with Crippen LogP contribution in [0.3, 0.4) is 0 Å². The maximum absolute atomic E-state index is 10.7. The highest BCUT2D eigenvalue weighted by molar-refractivity contribution is 6.65. The van der Waals surface area contributed by atoms with Crippen LogP contribution in [0.4, 0.5) is 0 Å². The van der Waals surface area contributed by atoms with E-state index in [1.807, 2.05) is 0 Å². The molecule has 0 spiro atoms. The second-order valence-corrected chi connectivity index (χ2v) is 2.16. The van der Waals surface area contributed by atoms with Gasteiger partial charge in [0.25, 0.3) is 0 Å². The van der Waals surface area contributed by atoms with E-state index in [9.17, 15) is 9.59 Å². The molecule has 1 unspecified atom stereocenters. The highest BCUT2D eigenvalue weighted by Crippen LogP contribution is 2.08. The molecule has 0 aliphatic rings. The van der Waals surface area contributed by atoms with Gasteiger partial charge in [-0.05, 0) is 18.0 Å². The summed E-state index contributed by atoms with van der Waals surface area (Å²) in [4.78, 5) is 21.1. The Labute approximate surface area is 64.3 Å². The lowest BCUT2D eigenvalue weighted by Crippen LogP contribution is -2.20. The molecular weight excluding hydrogens is 156 g/mol. The number of hydrogen-bond donors (Lipinski definition) is 0. The van der Waals surface area contributed by atoms with Gasteiger partial charge in [-0.25, -0.2) is 0 Å². The summed E-state index contributed by atoms with van der Waals surface area (Å²) in [5, 5.41) is -0.658. The summed E-state index contributed by atoms with van der Waals surface area (Å²) in [7, 11) is 1.23. The van der Waals surface area contributed by atoms with Crippen LogP contribution in [0.15, 0.2) is 0 Å². The molecule has 4 heteroatoms. The van der Waals surface area contributed by atoms with Gasteiger partial charge < -0.3 is 4.74 Å². The van der Waals surface area contributed by atoms with Gasteiger partial charge in [-0.1, -0.05) is 6.92 Å². The van der Waals surface area contributed by atoms with Crippen LogP contribution in [-0.2, 0) is 14.3 Å². The summed E-state index contributed by atoms with van der Waals surface area (Å²) in [5.41, 5.74) is 0. The zero-order valence-corrected chi connectivity index (χ0v) is 6.64. The molecule has 0 aliphatic heterocycles. The standard InChI is InChI=1S/C6H9ClO3/c1-3-4(5(7)8)6(9)10-2/h4H,3H2,1-2H3. The minimum Gasteiger partial charge on any atom is -0.468 e. The summed E-state index contributed by atoms with van der Waals surface area (Å²) < 4.78 is 4.32. The number of ether oxygens (including phenoxy) is 1. The number of hydrogen-bond acceptors (Lipinski definition) is 3. The van der Waals surface area contributed by atoms with Crippen LogP contribution < -0.4 is 0 Å². The number of halogens is 1. The normalized spacial score (nSPS) is 12.3. The lowest BCUT2D eigenvalue weighted by Gasteiger charge is -2.04. The van der Waals surface area contributed by atoms with Crippen molar-refractivity contribution in [3.8, 4) is 0 Å². The third-order valence-electron chi connectivity index (χ3n) is 1.17. The topological polar surface area (TPSA) is 43.4 Å². The fraction of sp³-hybridized carbons (Fsp3) is 0.667. The first-order chi connectivity index (χ1) is 4.63. The highest BCUT2D eigenvalue weighted by Gasteiger charge is 2.23. The first-order valence-corrected chi connectivity index (χ1v) is 3.28. The van der Waals surface area contributed by atoms with E-state index in [1.54, 1.807) is 6.92 Å². The Morgan fingerprint density at radius 3 is 2.20 bits per heavy atom. The average Bonchev–Trinajstić information content (AvgIpc) is 1.88. The molecular formula is C6H9ClO3. The molecule has 0 fully saturated rings. The summed E-state index contributed by atoms with van der Waals surface area (Å²) in [6.07, 6.45) is 0.384. The monoisotopic (exact) mass is 164 g/mol. The van der Waals surface area contributed by atoms with E-state index in [1.165, 1.54) is 7.11 Å². The van der Waals surface area contributed by atoms with Gasteiger partial charge in [0.1, 0.15) is 5.92 Å². The van der Waals surface area contributed by atoms with Gasteiger partial charge >= 0.3 is 5.97 Å². The van der Waals surface area contributed by atoms with Gasteiger partial charge in [-0.15, -0.1) is 0 Å². The highest BCUT2D eigenvalue weighted by atomic mass is 35.5. The number of rotatable bonds is 3. The second kappa shape index (κ2) is 4.28. The van der Waals surface area contributed by atoms with E-state index in [4.69, 9.17) is 11.6 Å². The van der Waals surface area contributed by atoms with Gasteiger partial charge in [-0.3, -0.25) is 9.59 Å². The second-order valence-electron chi connectivity index (χ2n) is 1.79. The van der Waals surface area contributed by atoms with Gasteiger partial charge in [0, 0.05) is 0 Å². The molecule has 0 aromatic carbocycles. The largest absolute Gasteiger partial charge is 0.468 e. The number of esters is 1. The molecule has 0 N–H and O–H groups in total. The van der Waals surface area contributed by atoms with Crippen LogP contribution in [0.25, 0.3) is 0 Å². The van der Waals surface area contributed by atoms with Crippen molar-refractivity contribution in [2.75, 3.05) is 7.11 Å². The molecule has 0 bridgehead atoms. The lowest BCUT2D eigenvalue weighted by atomic mass is 10.1. The molecule has 0 saturated heterocycles. The molecule has 0 radical (unpaired) electrons. The van der Waals surface area contributed by atoms with Crippen LogP contribution in [-0.4, -0.2) is 18.3 Å². The van der Waals surface area contributed by atoms with Crippen molar-refractivity contribution in [2.45, 2.75) is 13.3 Å². The Bertz CT molecular complexity index is 144. The summed E-state index contributed by atoms with van der Waals surface area (Å²) in [5.74, 6) is -1.37. The third-order valence-corrected chi connectivity index (χ3v) is 1.43. The smallest absolute Gasteiger partial charge is 0.317 e. The molecule has 58 valence electrons. The maximum atomic E-state index is 10.7. The SMILES string of the molecule is CCC(C(=O)Cl)C(=O)OC. The summed E-state index contributed by atoms with van der Waals surface area (Å²) in [6, 6.07) is 0. The van der Waals surface area contributed by atoms with Crippen molar-refractivity contribution in [3.05, 3.63) is 0 Å². The fourth-order valence-corrected chi connectivity index (χ4v) is 0.805. The molecule has 0 rings (SSSR count). The van der Waals surface area contributed by atoms with Crippen molar-refractivity contribution in [1.29, 1.82) is 0 Å². The third kappa shape index (κ3) is 2.35. The number of carbonyl (C=O) groups is 2. The first-order valence-electron chi connectivity index (χ1n) is 2.90. The Morgan fingerprint density at radius 2 is 2.10 bits per heavy atom. The predicted octanol–water partition coefficient (Wildman–Crippen LogP) is 0.951. The average molecular weight is 165 g/mol. The Balaban J connectivity index is 4.06. The summed E-state index contributed by atoms with van der Waals surface area (Å²) >= 11 is 5.08. The molecule has 0 amide bonds.